The Balaban J connectivity index is 1.36. The number of hydrogen-bond donors (Lipinski definition) is 4. The molecule has 5 saturated heterocycles. The number of carbonyl (C=O) groups excluding carboxylic acids is 1. The Morgan fingerprint density at radius 2 is 1.48 bits per heavy atom. The number of hydrogen-bond acceptors (Lipinski definition) is 14. The molecule has 15 heteroatoms. The number of ketones is 1. The van der Waals surface area contributed by atoms with E-state index in [9.17, 15) is 30.0 Å². The molecular weight excluding hydrogens is 732 g/mol. The van der Waals surface area contributed by atoms with Crippen LogP contribution in [0.25, 0.3) is 0 Å². The smallest absolute Gasteiger partial charge is 0.338 e. The lowest BCUT2D eigenvalue weighted by Gasteiger charge is -2.56. The van der Waals surface area contributed by atoms with E-state index in [-0.39, 0.29) is 60.5 Å². The van der Waals surface area contributed by atoms with Gasteiger partial charge in [-0.1, -0.05) is 33.8 Å². The van der Waals surface area contributed by atoms with Gasteiger partial charge in [0.15, 0.2) is 11.6 Å². The number of methoxy groups -OCH3 is 4. The third-order valence-corrected chi connectivity index (χ3v) is 14.2. The standard InChI is InChI=1S/C41H68O15/c1-20(25(6)42)17-21(2)33(43)29-14-13-27(52-29)28-15-16-31(53-28)39(8)36(50-11)24(5)41(56-39)22(3)30(48-9)18-26(54-41)19-32-38(7,51-12)35(49-10)23(4)40(47,55-32)34(44)37(45)46/h17,21-24,26-36,43-44,47H,13-16,18-19H2,1-12H3,(H,45,46)/b20-17+/t21-,22+,23-,24+,26-,27+,28-,29+,30+,31+,32-,33-,34-,35-,36+,38+,39-,40-,41-/m0/s1. The van der Waals surface area contributed by atoms with Gasteiger partial charge in [0.1, 0.15) is 11.2 Å². The predicted molar refractivity (Wildman–Crippen MR) is 200 cm³/mol. The van der Waals surface area contributed by atoms with Gasteiger partial charge in [0.2, 0.25) is 11.9 Å². The van der Waals surface area contributed by atoms with Crippen molar-refractivity contribution in [3.63, 3.8) is 0 Å². The third kappa shape index (κ3) is 7.78. The topological polar surface area (TPSA) is 198 Å². The summed E-state index contributed by atoms with van der Waals surface area (Å²) in [6, 6.07) is 0. The SMILES string of the molecule is CO[C@@H]1[C@@H](C)[C@@]2(O[C@H](C[C@@H]3O[C@](O)([C@@H](O)C(=O)O)[C@@H](C)[C@H](OC)[C@]3(C)OC)C[C@@H](OC)[C@H]2C)O[C@@]1(C)[C@H]1CC[C@@H]([C@H]2CC[C@H]([C@@H](O)[C@@H](C)/C=C(\C)C(C)=O)O2)O1. The summed E-state index contributed by atoms with van der Waals surface area (Å²) in [4.78, 5) is 23.7. The monoisotopic (exact) mass is 800 g/mol. The molecule has 0 aromatic rings. The molecule has 0 bridgehead atoms. The minimum atomic E-state index is -2.49. The van der Waals surface area contributed by atoms with Crippen LogP contribution in [0.4, 0.5) is 0 Å². The van der Waals surface area contributed by atoms with Gasteiger partial charge in [-0.25, -0.2) is 4.79 Å². The lowest BCUT2D eigenvalue weighted by atomic mass is 9.73. The summed E-state index contributed by atoms with van der Waals surface area (Å²) in [6.07, 6.45) is -2.28. The van der Waals surface area contributed by atoms with Gasteiger partial charge in [0.05, 0.1) is 61.0 Å². The van der Waals surface area contributed by atoms with E-state index in [0.717, 1.165) is 12.8 Å². The molecule has 5 aliphatic heterocycles. The van der Waals surface area contributed by atoms with E-state index in [1.54, 1.807) is 41.1 Å². The molecule has 1 spiro atoms. The first kappa shape index (κ1) is 45.5. The molecule has 5 fully saturated rings. The van der Waals surface area contributed by atoms with Crippen LogP contribution in [0.3, 0.4) is 0 Å². The number of aliphatic hydroxyl groups is 3. The van der Waals surface area contributed by atoms with E-state index < -0.39 is 71.3 Å². The number of allylic oxidation sites excluding steroid dienone is 1. The Morgan fingerprint density at radius 3 is 2.05 bits per heavy atom. The Hall–Kier alpha value is -1.60. The predicted octanol–water partition coefficient (Wildman–Crippen LogP) is 3.17. The van der Waals surface area contributed by atoms with Crippen LogP contribution in [0.1, 0.15) is 93.9 Å². The number of ether oxygens (including phenoxy) is 9. The van der Waals surface area contributed by atoms with Crippen LogP contribution in [0.15, 0.2) is 11.6 Å². The fraction of sp³-hybridized carbons (Fsp3) is 0.902. The molecule has 15 nitrogen and oxygen atoms in total. The number of carbonyl (C=O) groups is 2. The Bertz CT molecular complexity index is 1430. The first-order valence-corrected chi connectivity index (χ1v) is 20.2. The highest BCUT2D eigenvalue weighted by Gasteiger charge is 2.69. The molecule has 0 aromatic carbocycles. The molecule has 322 valence electrons. The van der Waals surface area contributed by atoms with E-state index in [0.29, 0.717) is 24.8 Å². The minimum absolute atomic E-state index is 0.0253. The van der Waals surface area contributed by atoms with Gasteiger partial charge in [-0.2, -0.15) is 0 Å². The lowest BCUT2D eigenvalue weighted by molar-refractivity contribution is -0.389. The van der Waals surface area contributed by atoms with Crippen LogP contribution in [0.2, 0.25) is 0 Å². The normalized spacial score (nSPS) is 47.6. The zero-order valence-corrected chi connectivity index (χ0v) is 35.3. The number of carboxylic acids is 1. The van der Waals surface area contributed by atoms with Crippen molar-refractivity contribution in [3.05, 3.63) is 11.6 Å². The summed E-state index contributed by atoms with van der Waals surface area (Å²) in [7, 11) is 6.24. The van der Waals surface area contributed by atoms with Crippen LogP contribution in [-0.4, -0.2) is 151 Å². The first-order valence-electron chi connectivity index (χ1n) is 20.2. The van der Waals surface area contributed by atoms with Gasteiger partial charge in [0.25, 0.3) is 0 Å². The summed E-state index contributed by atoms with van der Waals surface area (Å²) in [5, 5.41) is 43.1. The van der Waals surface area contributed by atoms with E-state index in [2.05, 4.69) is 0 Å². The molecule has 0 aromatic heterocycles. The van der Waals surface area contributed by atoms with Crippen molar-refractivity contribution >= 4 is 11.8 Å². The zero-order valence-electron chi connectivity index (χ0n) is 35.3. The molecule has 5 heterocycles. The van der Waals surface area contributed by atoms with Crippen molar-refractivity contribution in [2.45, 2.75) is 184 Å². The lowest BCUT2D eigenvalue weighted by Crippen LogP contribution is -2.72. The average molecular weight is 801 g/mol. The molecule has 4 N–H and O–H groups in total. The largest absolute Gasteiger partial charge is 0.479 e. The van der Waals surface area contributed by atoms with Gasteiger partial charge in [0, 0.05) is 65.0 Å². The van der Waals surface area contributed by atoms with Crippen molar-refractivity contribution in [2.24, 2.45) is 23.7 Å². The van der Waals surface area contributed by atoms with Crippen LogP contribution < -0.4 is 0 Å². The van der Waals surface area contributed by atoms with Crippen molar-refractivity contribution in [1.82, 2.24) is 0 Å². The molecule has 0 aliphatic carbocycles. The Kier molecular flexibility index (Phi) is 13.9. The van der Waals surface area contributed by atoms with E-state index in [4.69, 9.17) is 42.6 Å². The highest BCUT2D eigenvalue weighted by Crippen LogP contribution is 2.57. The summed E-state index contributed by atoms with van der Waals surface area (Å²) in [6.45, 7) is 14.6. The summed E-state index contributed by atoms with van der Waals surface area (Å²) >= 11 is 0. The average Bonchev–Trinajstić information content (AvgIpc) is 3.90. The maximum atomic E-state index is 12.0. The van der Waals surface area contributed by atoms with Crippen LogP contribution >= 0.6 is 0 Å². The van der Waals surface area contributed by atoms with E-state index in [1.165, 1.54) is 21.1 Å². The van der Waals surface area contributed by atoms with E-state index >= 15 is 0 Å². The van der Waals surface area contributed by atoms with Gasteiger partial charge < -0.3 is 63.1 Å². The summed E-state index contributed by atoms with van der Waals surface area (Å²) < 4.78 is 57.8. The van der Waals surface area contributed by atoms with Crippen molar-refractivity contribution in [2.75, 3.05) is 28.4 Å². The fourth-order valence-electron chi connectivity index (χ4n) is 10.7. The third-order valence-electron chi connectivity index (χ3n) is 14.2. The fourth-order valence-corrected chi connectivity index (χ4v) is 10.7. The maximum Gasteiger partial charge on any atom is 0.338 e. The number of aliphatic hydroxyl groups excluding tert-OH is 2. The number of carboxylic acid groups (broad SMARTS) is 1. The van der Waals surface area contributed by atoms with Gasteiger partial charge in [-0.15, -0.1) is 0 Å². The number of aliphatic carboxylic acids is 1. The molecular formula is C41H68O15. The molecule has 0 radical (unpaired) electrons. The van der Waals surface area contributed by atoms with Crippen LogP contribution in [0, 0.1) is 23.7 Å². The van der Waals surface area contributed by atoms with Crippen LogP contribution in [0.5, 0.6) is 0 Å². The quantitative estimate of drug-likeness (QED) is 0.187. The molecule has 0 unspecified atom stereocenters. The second kappa shape index (κ2) is 17.2. The second-order valence-corrected chi connectivity index (χ2v) is 17.4. The Morgan fingerprint density at radius 1 is 0.857 bits per heavy atom. The molecule has 56 heavy (non-hydrogen) atoms. The molecule has 0 saturated carbocycles. The number of rotatable bonds is 14. The van der Waals surface area contributed by atoms with Crippen molar-refractivity contribution < 1.29 is 72.6 Å². The van der Waals surface area contributed by atoms with Gasteiger partial charge in [-0.05, 0) is 59.0 Å². The Labute approximate surface area is 331 Å². The number of Topliss-reactive ketones (excluding diaryl/α,β-unsaturated/α-hetero) is 1. The first-order chi connectivity index (χ1) is 26.2. The molecule has 0 amide bonds. The zero-order chi connectivity index (χ0) is 41.7. The van der Waals surface area contributed by atoms with Gasteiger partial charge >= 0.3 is 5.97 Å². The second-order valence-electron chi connectivity index (χ2n) is 17.4. The molecule has 5 aliphatic rings. The van der Waals surface area contributed by atoms with Gasteiger partial charge in [-0.3, -0.25) is 4.79 Å². The van der Waals surface area contributed by atoms with E-state index in [1.807, 2.05) is 27.7 Å². The highest BCUT2D eigenvalue weighted by molar-refractivity contribution is 5.92. The molecule has 19 atom stereocenters. The maximum absolute atomic E-state index is 12.0. The molecule has 5 rings (SSSR count). The minimum Gasteiger partial charge on any atom is -0.479 e. The highest BCUT2D eigenvalue weighted by atomic mass is 16.7. The summed E-state index contributed by atoms with van der Waals surface area (Å²) in [5.41, 5.74) is -1.52. The summed E-state index contributed by atoms with van der Waals surface area (Å²) in [5.74, 6) is -7.19. The van der Waals surface area contributed by atoms with Crippen molar-refractivity contribution in [3.8, 4) is 0 Å². The van der Waals surface area contributed by atoms with Crippen molar-refractivity contribution in [1.29, 1.82) is 0 Å². The van der Waals surface area contributed by atoms with Crippen LogP contribution in [-0.2, 0) is 52.2 Å².